The van der Waals surface area contributed by atoms with Gasteiger partial charge in [0.2, 0.25) is 0 Å². The Hall–Kier alpha value is -2.34. The Balaban J connectivity index is 1.64. The molecule has 6 rings (SSSR count). The van der Waals surface area contributed by atoms with Crippen LogP contribution in [0.5, 0.6) is 0 Å². The summed E-state index contributed by atoms with van der Waals surface area (Å²) < 4.78 is 5.33. The molecule has 0 aliphatic heterocycles. The third-order valence-electron chi connectivity index (χ3n) is 6.65. The van der Waals surface area contributed by atoms with E-state index in [2.05, 4.69) is 77.3 Å². The lowest BCUT2D eigenvalue weighted by Gasteiger charge is -2.21. The molecule has 0 unspecified atom stereocenters. The van der Waals surface area contributed by atoms with Gasteiger partial charge in [-0.1, -0.05) is 46.8 Å². The van der Waals surface area contributed by atoms with Crippen molar-refractivity contribution in [3.8, 4) is 11.3 Å². The largest absolute Gasteiger partial charge is 0.235 e. The van der Waals surface area contributed by atoms with Crippen LogP contribution in [0, 0.1) is 12.8 Å². The maximum Gasteiger partial charge on any atom is 0.116 e. The molecule has 0 saturated heterocycles. The summed E-state index contributed by atoms with van der Waals surface area (Å²) in [5, 5.41) is 6.14. The Morgan fingerprint density at radius 1 is 0.882 bits per heavy atom. The van der Waals surface area contributed by atoms with E-state index in [-0.39, 0.29) is 5.41 Å². The van der Waals surface area contributed by atoms with Gasteiger partial charge in [-0.15, -0.1) is 34.0 Å². The van der Waals surface area contributed by atoms with Crippen molar-refractivity contribution in [2.24, 2.45) is 5.92 Å². The van der Waals surface area contributed by atoms with E-state index in [9.17, 15) is 0 Å². The summed E-state index contributed by atoms with van der Waals surface area (Å²) in [5.74, 6) is 0.658. The van der Waals surface area contributed by atoms with Crippen molar-refractivity contribution >= 4 is 74.5 Å². The summed E-state index contributed by atoms with van der Waals surface area (Å²) in [7, 11) is 0. The Kier molecular flexibility index (Phi) is 5.11. The lowest BCUT2D eigenvalue weighted by molar-refractivity contribution is 0.597. The SMILES string of the molecule is Cc1c(CC(C)C)sc2c1ccc1c3ncnc(-c4cc(C(C)(C)C)c5sccc5c4)c3sc12. The van der Waals surface area contributed by atoms with Crippen molar-refractivity contribution in [3.05, 3.63) is 58.0 Å². The fourth-order valence-corrected chi connectivity index (χ4v) is 8.93. The van der Waals surface area contributed by atoms with Gasteiger partial charge in [0.15, 0.2) is 0 Å². The van der Waals surface area contributed by atoms with Gasteiger partial charge in [0, 0.05) is 20.5 Å². The number of thiophene rings is 3. The molecule has 0 aliphatic rings. The minimum Gasteiger partial charge on any atom is -0.235 e. The van der Waals surface area contributed by atoms with Crippen molar-refractivity contribution in [1.29, 1.82) is 0 Å². The maximum atomic E-state index is 4.84. The Labute approximate surface area is 212 Å². The molecule has 2 aromatic carbocycles. The molecule has 0 aliphatic carbocycles. The summed E-state index contributed by atoms with van der Waals surface area (Å²) >= 11 is 5.67. The third-order valence-corrected chi connectivity index (χ3v) is 10.3. The number of aryl methyl sites for hydroxylation is 1. The molecule has 5 heteroatoms. The van der Waals surface area contributed by atoms with Gasteiger partial charge in [-0.3, -0.25) is 0 Å². The molecule has 0 saturated carbocycles. The first kappa shape index (κ1) is 22.1. The van der Waals surface area contributed by atoms with E-state index in [1.165, 1.54) is 56.5 Å². The number of benzene rings is 2. The molecule has 0 bridgehead atoms. The standard InChI is InChI=1S/C29H28N2S3/c1-15(2)11-22-16(3)19-7-8-20-24-28(34-27(20)26(19)33-22)23(30-14-31-24)18-12-17-9-10-32-25(17)21(13-18)29(4,5)6/h7-10,12-15H,11H2,1-6H3. The summed E-state index contributed by atoms with van der Waals surface area (Å²) in [6.45, 7) is 13.8. The summed E-state index contributed by atoms with van der Waals surface area (Å²) in [5.41, 5.74) is 6.21. The van der Waals surface area contributed by atoms with Gasteiger partial charge in [0.25, 0.3) is 0 Å². The highest BCUT2D eigenvalue weighted by atomic mass is 32.1. The molecule has 34 heavy (non-hydrogen) atoms. The minimum atomic E-state index is 0.0684. The zero-order chi connectivity index (χ0) is 23.8. The second-order valence-electron chi connectivity index (χ2n) is 10.7. The number of nitrogens with zero attached hydrogens (tertiary/aromatic N) is 2. The van der Waals surface area contributed by atoms with E-state index in [1.54, 1.807) is 6.33 Å². The van der Waals surface area contributed by atoms with E-state index in [1.807, 2.05) is 34.0 Å². The van der Waals surface area contributed by atoms with Gasteiger partial charge in [-0.2, -0.15) is 0 Å². The highest BCUT2D eigenvalue weighted by molar-refractivity contribution is 7.31. The zero-order valence-electron chi connectivity index (χ0n) is 20.4. The fraction of sp³-hybridized carbons (Fsp3) is 0.310. The van der Waals surface area contributed by atoms with Gasteiger partial charge in [-0.25, -0.2) is 9.97 Å². The predicted molar refractivity (Wildman–Crippen MR) is 153 cm³/mol. The molecule has 4 aromatic heterocycles. The van der Waals surface area contributed by atoms with Crippen LogP contribution in [0.3, 0.4) is 0 Å². The second-order valence-corrected chi connectivity index (χ2v) is 13.7. The second kappa shape index (κ2) is 7.84. The lowest BCUT2D eigenvalue weighted by Crippen LogP contribution is -2.11. The van der Waals surface area contributed by atoms with Crippen LogP contribution in [0.4, 0.5) is 0 Å². The first-order valence-electron chi connectivity index (χ1n) is 11.8. The quantitative estimate of drug-likeness (QED) is 0.242. The van der Waals surface area contributed by atoms with Crippen molar-refractivity contribution < 1.29 is 0 Å². The molecular formula is C29H28N2S3. The van der Waals surface area contributed by atoms with Crippen molar-refractivity contribution in [3.63, 3.8) is 0 Å². The molecule has 172 valence electrons. The Morgan fingerprint density at radius 3 is 2.41 bits per heavy atom. The number of aromatic nitrogens is 2. The minimum absolute atomic E-state index is 0.0684. The fourth-order valence-electron chi connectivity index (χ4n) is 4.91. The van der Waals surface area contributed by atoms with Crippen LogP contribution < -0.4 is 0 Å². The summed E-state index contributed by atoms with van der Waals surface area (Å²) in [6.07, 6.45) is 2.88. The number of hydrogen-bond donors (Lipinski definition) is 0. The van der Waals surface area contributed by atoms with E-state index in [0.717, 1.165) is 17.6 Å². The molecule has 0 fully saturated rings. The average molecular weight is 501 g/mol. The van der Waals surface area contributed by atoms with Crippen molar-refractivity contribution in [2.75, 3.05) is 0 Å². The molecule has 0 spiro atoms. The first-order chi connectivity index (χ1) is 16.2. The van der Waals surface area contributed by atoms with Crippen LogP contribution in [0.2, 0.25) is 0 Å². The van der Waals surface area contributed by atoms with Gasteiger partial charge in [0.1, 0.15) is 6.33 Å². The molecule has 0 radical (unpaired) electrons. The Bertz CT molecular complexity index is 1710. The van der Waals surface area contributed by atoms with Gasteiger partial charge < -0.3 is 0 Å². The van der Waals surface area contributed by atoms with E-state index >= 15 is 0 Å². The van der Waals surface area contributed by atoms with Gasteiger partial charge in [-0.05, 0) is 70.2 Å². The molecule has 0 atom stereocenters. The van der Waals surface area contributed by atoms with Crippen LogP contribution in [-0.2, 0) is 11.8 Å². The molecular weight excluding hydrogens is 473 g/mol. The Morgan fingerprint density at radius 2 is 1.65 bits per heavy atom. The highest BCUT2D eigenvalue weighted by Crippen LogP contribution is 2.46. The number of rotatable bonds is 3. The van der Waals surface area contributed by atoms with E-state index in [0.29, 0.717) is 5.92 Å². The van der Waals surface area contributed by atoms with Crippen LogP contribution in [0.15, 0.2) is 42.0 Å². The molecule has 6 aromatic rings. The normalized spacial score (nSPS) is 12.8. The van der Waals surface area contributed by atoms with Crippen molar-refractivity contribution in [1.82, 2.24) is 9.97 Å². The monoisotopic (exact) mass is 500 g/mol. The van der Waals surface area contributed by atoms with Crippen LogP contribution in [0.25, 0.3) is 51.7 Å². The lowest BCUT2D eigenvalue weighted by atomic mass is 9.85. The van der Waals surface area contributed by atoms with Crippen LogP contribution in [-0.4, -0.2) is 9.97 Å². The average Bonchev–Trinajstić information content (AvgIpc) is 3.48. The van der Waals surface area contributed by atoms with Gasteiger partial charge in [0.05, 0.1) is 25.3 Å². The van der Waals surface area contributed by atoms with Gasteiger partial charge >= 0.3 is 0 Å². The van der Waals surface area contributed by atoms with E-state index < -0.39 is 0 Å². The topological polar surface area (TPSA) is 25.8 Å². The third kappa shape index (κ3) is 3.40. The highest BCUT2D eigenvalue weighted by Gasteiger charge is 2.22. The smallest absolute Gasteiger partial charge is 0.116 e. The maximum absolute atomic E-state index is 4.84. The van der Waals surface area contributed by atoms with E-state index in [4.69, 9.17) is 9.97 Å². The zero-order valence-corrected chi connectivity index (χ0v) is 22.9. The predicted octanol–water partition coefficient (Wildman–Crippen LogP) is 9.75. The number of hydrogen-bond acceptors (Lipinski definition) is 5. The summed E-state index contributed by atoms with van der Waals surface area (Å²) in [6, 6.07) is 11.5. The molecule has 0 N–H and O–H groups in total. The van der Waals surface area contributed by atoms with Crippen molar-refractivity contribution in [2.45, 2.75) is 53.4 Å². The van der Waals surface area contributed by atoms with Crippen LogP contribution in [0.1, 0.15) is 50.6 Å². The van der Waals surface area contributed by atoms with Crippen LogP contribution >= 0.6 is 34.0 Å². The first-order valence-corrected chi connectivity index (χ1v) is 14.3. The number of fused-ring (bicyclic) bond motifs is 6. The molecule has 4 heterocycles. The summed E-state index contributed by atoms with van der Waals surface area (Å²) in [4.78, 5) is 11.1. The molecule has 2 nitrogen and oxygen atoms in total. The molecule has 0 amide bonds.